The molecule has 2 aromatic rings. The maximum absolute atomic E-state index is 13.3. The lowest BCUT2D eigenvalue weighted by Crippen LogP contribution is -2.59. The lowest BCUT2D eigenvalue weighted by molar-refractivity contribution is -0.140. The SMILES string of the molecule is CO[C@H]1C[C@H](N(C)C(=O)Cc2cccc3sccc23)[C@@H](N2CCCC2)C[C@H]1OC. The zero-order valence-electron chi connectivity index (χ0n) is 17.7. The van der Waals surface area contributed by atoms with Gasteiger partial charge in [-0.05, 0) is 67.2 Å². The number of methoxy groups -OCH3 is 2. The van der Waals surface area contributed by atoms with Gasteiger partial charge in [0.1, 0.15) is 0 Å². The van der Waals surface area contributed by atoms with Crippen molar-refractivity contribution in [3.8, 4) is 0 Å². The fourth-order valence-corrected chi connectivity index (χ4v) is 5.99. The molecule has 4 atom stereocenters. The second kappa shape index (κ2) is 9.13. The first-order chi connectivity index (χ1) is 14.1. The molecule has 1 saturated carbocycles. The van der Waals surface area contributed by atoms with Gasteiger partial charge in [-0.15, -0.1) is 11.3 Å². The van der Waals surface area contributed by atoms with E-state index >= 15 is 0 Å². The third-order valence-electron chi connectivity index (χ3n) is 6.84. The summed E-state index contributed by atoms with van der Waals surface area (Å²) in [6.07, 6.45) is 4.78. The zero-order chi connectivity index (χ0) is 20.4. The van der Waals surface area contributed by atoms with Crippen LogP contribution in [0.1, 0.15) is 31.2 Å². The molecule has 0 radical (unpaired) electrons. The molecule has 1 aromatic heterocycles. The summed E-state index contributed by atoms with van der Waals surface area (Å²) in [4.78, 5) is 17.9. The number of likely N-dealkylation sites (N-methyl/N-ethyl adjacent to an activating group) is 1. The topological polar surface area (TPSA) is 42.0 Å². The minimum atomic E-state index is 0.0272. The lowest BCUT2D eigenvalue weighted by Gasteiger charge is -2.47. The third kappa shape index (κ3) is 4.22. The average Bonchev–Trinajstić information content (AvgIpc) is 3.44. The summed E-state index contributed by atoms with van der Waals surface area (Å²) in [6.45, 7) is 2.23. The summed E-state index contributed by atoms with van der Waals surface area (Å²) in [5.74, 6) is 0.184. The third-order valence-corrected chi connectivity index (χ3v) is 7.72. The Balaban J connectivity index is 1.54. The molecular formula is C23H32N2O3S. The normalized spacial score (nSPS) is 28.1. The molecule has 4 rings (SSSR count). The van der Waals surface area contributed by atoms with Crippen LogP contribution in [-0.4, -0.2) is 74.4 Å². The highest BCUT2D eigenvalue weighted by Crippen LogP contribution is 2.33. The summed E-state index contributed by atoms with van der Waals surface area (Å²) < 4.78 is 12.7. The van der Waals surface area contributed by atoms with Crippen LogP contribution >= 0.6 is 11.3 Å². The second-order valence-corrected chi connectivity index (χ2v) is 9.28. The second-order valence-electron chi connectivity index (χ2n) is 8.33. The van der Waals surface area contributed by atoms with Crippen LogP contribution < -0.4 is 0 Å². The molecule has 1 amide bonds. The Morgan fingerprint density at radius 1 is 1.14 bits per heavy atom. The summed E-state index contributed by atoms with van der Waals surface area (Å²) in [7, 11) is 5.50. The molecule has 2 fully saturated rings. The number of likely N-dealkylation sites (tertiary alicyclic amines) is 1. The molecule has 0 unspecified atom stereocenters. The number of ether oxygens (including phenoxy) is 2. The van der Waals surface area contributed by atoms with Gasteiger partial charge in [0.05, 0.1) is 18.6 Å². The Bertz CT molecular complexity index is 832. The van der Waals surface area contributed by atoms with E-state index in [0.717, 1.165) is 31.5 Å². The molecule has 158 valence electrons. The van der Waals surface area contributed by atoms with Gasteiger partial charge < -0.3 is 14.4 Å². The van der Waals surface area contributed by atoms with Crippen molar-refractivity contribution in [3.63, 3.8) is 0 Å². The lowest BCUT2D eigenvalue weighted by atomic mass is 9.84. The van der Waals surface area contributed by atoms with Gasteiger partial charge in [0.2, 0.25) is 5.91 Å². The minimum Gasteiger partial charge on any atom is -0.379 e. The van der Waals surface area contributed by atoms with Gasteiger partial charge in [0.25, 0.3) is 0 Å². The molecular weight excluding hydrogens is 384 g/mol. The fraction of sp³-hybridized carbons (Fsp3) is 0.609. The monoisotopic (exact) mass is 416 g/mol. The first-order valence-corrected chi connectivity index (χ1v) is 11.5. The molecule has 1 saturated heterocycles. The average molecular weight is 417 g/mol. The number of hydrogen-bond acceptors (Lipinski definition) is 5. The molecule has 0 spiro atoms. The van der Waals surface area contributed by atoms with Crippen LogP contribution in [0.5, 0.6) is 0 Å². The van der Waals surface area contributed by atoms with Crippen molar-refractivity contribution in [2.75, 3.05) is 34.4 Å². The molecule has 2 aliphatic rings. The van der Waals surface area contributed by atoms with Gasteiger partial charge in [-0.1, -0.05) is 12.1 Å². The van der Waals surface area contributed by atoms with E-state index in [0.29, 0.717) is 12.5 Å². The number of rotatable bonds is 6. The van der Waals surface area contributed by atoms with E-state index in [1.807, 2.05) is 11.9 Å². The smallest absolute Gasteiger partial charge is 0.227 e. The van der Waals surface area contributed by atoms with Crippen LogP contribution in [-0.2, 0) is 20.7 Å². The Morgan fingerprint density at radius 2 is 1.86 bits per heavy atom. The van der Waals surface area contributed by atoms with Crippen LogP contribution in [0.2, 0.25) is 0 Å². The van der Waals surface area contributed by atoms with E-state index in [-0.39, 0.29) is 24.2 Å². The predicted octanol–water partition coefficient (Wildman–Crippen LogP) is 3.56. The Morgan fingerprint density at radius 3 is 2.59 bits per heavy atom. The largest absolute Gasteiger partial charge is 0.379 e. The fourth-order valence-electron chi connectivity index (χ4n) is 5.16. The zero-order valence-corrected chi connectivity index (χ0v) is 18.5. The molecule has 1 aliphatic heterocycles. The van der Waals surface area contributed by atoms with E-state index in [1.165, 1.54) is 22.9 Å². The van der Waals surface area contributed by atoms with Gasteiger partial charge in [0, 0.05) is 38.1 Å². The molecule has 1 aliphatic carbocycles. The number of thiophene rings is 1. The Labute approximate surface area is 177 Å². The highest BCUT2D eigenvalue weighted by molar-refractivity contribution is 7.17. The highest BCUT2D eigenvalue weighted by atomic mass is 32.1. The van der Waals surface area contributed by atoms with E-state index in [9.17, 15) is 4.79 Å². The van der Waals surface area contributed by atoms with Crippen LogP contribution in [0.3, 0.4) is 0 Å². The van der Waals surface area contributed by atoms with E-state index < -0.39 is 0 Å². The van der Waals surface area contributed by atoms with Gasteiger partial charge in [0.15, 0.2) is 0 Å². The predicted molar refractivity (Wildman–Crippen MR) is 118 cm³/mol. The van der Waals surface area contributed by atoms with Crippen molar-refractivity contribution in [2.24, 2.45) is 0 Å². The number of hydrogen-bond donors (Lipinski definition) is 0. The van der Waals surface area contributed by atoms with Crippen molar-refractivity contribution >= 4 is 27.3 Å². The number of fused-ring (bicyclic) bond motifs is 1. The Kier molecular flexibility index (Phi) is 6.54. The number of benzene rings is 1. The molecule has 0 bridgehead atoms. The number of nitrogens with zero attached hydrogens (tertiary/aromatic N) is 2. The Hall–Kier alpha value is -1.47. The van der Waals surface area contributed by atoms with Crippen molar-refractivity contribution in [2.45, 2.75) is 56.4 Å². The summed E-state index contributed by atoms with van der Waals surface area (Å²) in [5.41, 5.74) is 1.12. The molecule has 2 heterocycles. The minimum absolute atomic E-state index is 0.0272. The maximum atomic E-state index is 13.3. The van der Waals surface area contributed by atoms with Gasteiger partial charge >= 0.3 is 0 Å². The molecule has 5 nitrogen and oxygen atoms in total. The van der Waals surface area contributed by atoms with Crippen molar-refractivity contribution in [3.05, 3.63) is 35.2 Å². The van der Waals surface area contributed by atoms with Gasteiger partial charge in [-0.2, -0.15) is 0 Å². The van der Waals surface area contributed by atoms with Crippen LogP contribution in [0, 0.1) is 0 Å². The van der Waals surface area contributed by atoms with Crippen LogP contribution in [0.15, 0.2) is 29.6 Å². The van der Waals surface area contributed by atoms with E-state index in [1.54, 1.807) is 25.6 Å². The highest BCUT2D eigenvalue weighted by Gasteiger charge is 2.43. The van der Waals surface area contributed by atoms with E-state index in [2.05, 4.69) is 34.5 Å². The first kappa shape index (κ1) is 20.8. The summed E-state index contributed by atoms with van der Waals surface area (Å²) in [5, 5.41) is 3.30. The standard InChI is InChI=1S/C23H32N2O3S/c1-24(23(26)13-16-7-6-8-22-17(16)9-12-29-22)18-14-20(27-2)21(28-3)15-19(18)25-10-4-5-11-25/h6-9,12,18-21H,4-5,10-11,13-15H2,1-3H3/t18-,19-,20-,21+/m0/s1. The van der Waals surface area contributed by atoms with Crippen molar-refractivity contribution in [1.82, 2.24) is 9.80 Å². The van der Waals surface area contributed by atoms with Crippen molar-refractivity contribution in [1.29, 1.82) is 0 Å². The number of carbonyl (C=O) groups excluding carboxylic acids is 1. The van der Waals surface area contributed by atoms with E-state index in [4.69, 9.17) is 9.47 Å². The van der Waals surface area contributed by atoms with Crippen LogP contribution in [0.4, 0.5) is 0 Å². The quantitative estimate of drug-likeness (QED) is 0.722. The maximum Gasteiger partial charge on any atom is 0.227 e. The number of carbonyl (C=O) groups is 1. The number of amides is 1. The first-order valence-electron chi connectivity index (χ1n) is 10.6. The van der Waals surface area contributed by atoms with Gasteiger partial charge in [-0.25, -0.2) is 0 Å². The summed E-state index contributed by atoms with van der Waals surface area (Å²) >= 11 is 1.73. The van der Waals surface area contributed by atoms with Gasteiger partial charge in [-0.3, -0.25) is 9.69 Å². The summed E-state index contributed by atoms with van der Waals surface area (Å²) in [6, 6.07) is 8.87. The molecule has 1 aromatic carbocycles. The molecule has 0 N–H and O–H groups in total. The molecule has 29 heavy (non-hydrogen) atoms. The molecule has 6 heteroatoms. The van der Waals surface area contributed by atoms with Crippen LogP contribution in [0.25, 0.3) is 10.1 Å². The van der Waals surface area contributed by atoms with Crippen molar-refractivity contribution < 1.29 is 14.3 Å².